The smallest absolute Gasteiger partial charge is 0.248 e. The van der Waals surface area contributed by atoms with Gasteiger partial charge in [0.1, 0.15) is 5.75 Å². The van der Waals surface area contributed by atoms with Gasteiger partial charge in [-0.1, -0.05) is 0 Å². The maximum atomic E-state index is 11.3. The summed E-state index contributed by atoms with van der Waals surface area (Å²) in [5.74, 6) is 0.391. The number of fused-ring (bicyclic) bond motifs is 1. The molecule has 2 aromatic rings. The molecule has 0 radical (unpaired) electrons. The third-order valence-electron chi connectivity index (χ3n) is 2.86. The van der Waals surface area contributed by atoms with E-state index in [9.17, 15) is 9.59 Å². The van der Waals surface area contributed by atoms with Crippen LogP contribution in [-0.2, 0) is 4.79 Å². The minimum absolute atomic E-state index is 0.111. The fraction of sp³-hybridized carbons (Fsp3) is 0.286. The van der Waals surface area contributed by atoms with Gasteiger partial charge < -0.3 is 15.5 Å². The normalized spacial score (nSPS) is 10.6. The Balaban J connectivity index is 2.13. The molecular weight excluding hydrogens is 244 g/mol. The first-order valence-electron chi connectivity index (χ1n) is 6.11. The lowest BCUT2D eigenvalue weighted by Gasteiger charge is -2.07. The maximum Gasteiger partial charge on any atom is 0.248 e. The lowest BCUT2D eigenvalue weighted by Crippen LogP contribution is -2.11. The second kappa shape index (κ2) is 5.56. The van der Waals surface area contributed by atoms with Crippen molar-refractivity contribution in [2.75, 3.05) is 6.61 Å². The van der Waals surface area contributed by atoms with Crippen LogP contribution >= 0.6 is 0 Å². The van der Waals surface area contributed by atoms with Crippen molar-refractivity contribution in [1.29, 1.82) is 0 Å². The largest absolute Gasteiger partial charge is 0.494 e. The third kappa shape index (κ3) is 3.34. The van der Waals surface area contributed by atoms with Crippen LogP contribution in [0.4, 0.5) is 0 Å². The Kier molecular flexibility index (Phi) is 3.85. The summed E-state index contributed by atoms with van der Waals surface area (Å²) in [6, 6.07) is 7.04. The summed E-state index contributed by atoms with van der Waals surface area (Å²) in [6.45, 7) is 2.32. The van der Waals surface area contributed by atoms with Gasteiger partial charge in [-0.25, -0.2) is 0 Å². The fourth-order valence-corrected chi connectivity index (χ4v) is 1.93. The molecule has 1 aromatic carbocycles. The van der Waals surface area contributed by atoms with Gasteiger partial charge in [-0.3, -0.25) is 9.59 Å². The van der Waals surface area contributed by atoms with Crippen molar-refractivity contribution in [3.63, 3.8) is 0 Å². The van der Waals surface area contributed by atoms with E-state index >= 15 is 0 Å². The predicted molar refractivity (Wildman–Crippen MR) is 73.2 cm³/mol. The van der Waals surface area contributed by atoms with Crippen molar-refractivity contribution in [2.24, 2.45) is 5.73 Å². The molecule has 19 heavy (non-hydrogen) atoms. The van der Waals surface area contributed by atoms with Gasteiger partial charge in [-0.15, -0.1) is 0 Å². The van der Waals surface area contributed by atoms with Crippen LogP contribution in [0.2, 0.25) is 0 Å². The summed E-state index contributed by atoms with van der Waals surface area (Å²) in [5.41, 5.74) is 6.63. The number of carbonyl (C=O) groups is 1. The molecule has 3 N–H and O–H groups in total. The molecule has 0 fully saturated rings. The second-order valence-electron chi connectivity index (χ2n) is 4.44. The van der Waals surface area contributed by atoms with E-state index in [0.717, 1.165) is 16.5 Å². The number of hydrogen-bond donors (Lipinski definition) is 2. The Bertz CT molecular complexity index is 661. The molecule has 0 unspecified atom stereocenters. The summed E-state index contributed by atoms with van der Waals surface area (Å²) in [4.78, 5) is 24.7. The average Bonchev–Trinajstić information content (AvgIpc) is 2.35. The van der Waals surface area contributed by atoms with Crippen molar-refractivity contribution in [1.82, 2.24) is 4.98 Å². The molecule has 0 aliphatic heterocycles. The van der Waals surface area contributed by atoms with Crippen molar-refractivity contribution in [3.05, 3.63) is 40.2 Å². The van der Waals surface area contributed by atoms with Crippen LogP contribution in [0.25, 0.3) is 10.9 Å². The van der Waals surface area contributed by atoms with Crippen molar-refractivity contribution < 1.29 is 9.53 Å². The quantitative estimate of drug-likeness (QED) is 0.798. The molecule has 0 aliphatic rings. The monoisotopic (exact) mass is 260 g/mol. The van der Waals surface area contributed by atoms with Gasteiger partial charge in [0.25, 0.3) is 0 Å². The number of ether oxygens (including phenoxy) is 1. The zero-order valence-electron chi connectivity index (χ0n) is 10.7. The molecule has 1 aromatic heterocycles. The summed E-state index contributed by atoms with van der Waals surface area (Å²) in [6.07, 6.45) is 0.915. The van der Waals surface area contributed by atoms with Gasteiger partial charge in [-0.05, 0) is 37.1 Å². The number of nitrogens with two attached hydrogens (primary N) is 1. The van der Waals surface area contributed by atoms with E-state index in [4.69, 9.17) is 10.5 Å². The third-order valence-corrected chi connectivity index (χ3v) is 2.86. The Morgan fingerprint density at radius 2 is 2.16 bits per heavy atom. The van der Waals surface area contributed by atoms with Crippen LogP contribution in [0.5, 0.6) is 5.75 Å². The summed E-state index contributed by atoms with van der Waals surface area (Å²) >= 11 is 0. The number of pyridine rings is 1. The van der Waals surface area contributed by atoms with Gasteiger partial charge >= 0.3 is 0 Å². The van der Waals surface area contributed by atoms with Crippen LogP contribution in [-0.4, -0.2) is 17.5 Å². The SMILES string of the molecule is Cc1cc(=O)[nH]c2ccc(OCCCC(N)=O)cc12. The van der Waals surface area contributed by atoms with Crippen molar-refractivity contribution >= 4 is 16.8 Å². The highest BCUT2D eigenvalue weighted by atomic mass is 16.5. The molecule has 0 saturated heterocycles. The number of hydrogen-bond acceptors (Lipinski definition) is 3. The van der Waals surface area contributed by atoms with E-state index in [1.807, 2.05) is 19.1 Å². The van der Waals surface area contributed by atoms with Crippen LogP contribution in [0.3, 0.4) is 0 Å². The number of H-pyrrole nitrogens is 1. The lowest BCUT2D eigenvalue weighted by atomic mass is 10.1. The molecule has 5 nitrogen and oxygen atoms in total. The zero-order valence-corrected chi connectivity index (χ0v) is 10.7. The molecule has 5 heteroatoms. The van der Waals surface area contributed by atoms with Gasteiger partial charge in [0.05, 0.1) is 6.61 Å². The van der Waals surface area contributed by atoms with Gasteiger partial charge in [0, 0.05) is 23.4 Å². The number of amides is 1. The number of primary amides is 1. The maximum absolute atomic E-state index is 11.3. The average molecular weight is 260 g/mol. The lowest BCUT2D eigenvalue weighted by molar-refractivity contribution is -0.118. The molecule has 1 heterocycles. The number of aromatic nitrogens is 1. The number of nitrogens with one attached hydrogen (secondary N) is 1. The summed E-state index contributed by atoms with van der Waals surface area (Å²) in [7, 11) is 0. The first kappa shape index (κ1) is 13.1. The molecule has 0 aliphatic carbocycles. The highest BCUT2D eigenvalue weighted by Crippen LogP contribution is 2.21. The number of aryl methyl sites for hydroxylation is 1. The standard InChI is InChI=1S/C14H16N2O3/c1-9-7-14(18)16-12-5-4-10(8-11(9)12)19-6-2-3-13(15)17/h4-5,7-8H,2-3,6H2,1H3,(H2,15,17)(H,16,18). The highest BCUT2D eigenvalue weighted by Gasteiger charge is 2.02. The Morgan fingerprint density at radius 3 is 2.89 bits per heavy atom. The van der Waals surface area contributed by atoms with E-state index in [-0.39, 0.29) is 11.5 Å². The highest BCUT2D eigenvalue weighted by molar-refractivity contribution is 5.83. The number of benzene rings is 1. The number of rotatable bonds is 5. The van der Waals surface area contributed by atoms with E-state index in [1.165, 1.54) is 0 Å². The second-order valence-corrected chi connectivity index (χ2v) is 4.44. The van der Waals surface area contributed by atoms with E-state index in [2.05, 4.69) is 4.98 Å². The molecule has 0 saturated carbocycles. The van der Waals surface area contributed by atoms with Gasteiger partial charge in [0.15, 0.2) is 0 Å². The van der Waals surface area contributed by atoms with Crippen LogP contribution in [0, 0.1) is 6.92 Å². The van der Waals surface area contributed by atoms with Gasteiger partial charge in [0.2, 0.25) is 11.5 Å². The van der Waals surface area contributed by atoms with Crippen LogP contribution in [0.15, 0.2) is 29.1 Å². The van der Waals surface area contributed by atoms with E-state index in [1.54, 1.807) is 12.1 Å². The zero-order chi connectivity index (χ0) is 13.8. The minimum Gasteiger partial charge on any atom is -0.494 e. The summed E-state index contributed by atoms with van der Waals surface area (Å²) in [5, 5.41) is 0.951. The molecule has 2 rings (SSSR count). The predicted octanol–water partition coefficient (Wildman–Crippen LogP) is 1.48. The Hall–Kier alpha value is -2.30. The molecule has 1 amide bonds. The first-order valence-corrected chi connectivity index (χ1v) is 6.11. The van der Waals surface area contributed by atoms with E-state index < -0.39 is 0 Å². The fourth-order valence-electron chi connectivity index (χ4n) is 1.93. The molecule has 0 spiro atoms. The molecule has 0 bridgehead atoms. The van der Waals surface area contributed by atoms with Crippen LogP contribution in [0.1, 0.15) is 18.4 Å². The molecule has 100 valence electrons. The molecular formula is C14H16N2O3. The van der Waals surface area contributed by atoms with Crippen molar-refractivity contribution in [3.8, 4) is 5.75 Å². The van der Waals surface area contributed by atoms with E-state index in [0.29, 0.717) is 25.2 Å². The van der Waals surface area contributed by atoms with Gasteiger partial charge in [-0.2, -0.15) is 0 Å². The number of carbonyl (C=O) groups excluding carboxylic acids is 1. The Labute approximate surface area is 110 Å². The topological polar surface area (TPSA) is 85.2 Å². The Morgan fingerprint density at radius 1 is 1.37 bits per heavy atom. The number of aromatic amines is 1. The van der Waals surface area contributed by atoms with Crippen molar-refractivity contribution in [2.45, 2.75) is 19.8 Å². The summed E-state index contributed by atoms with van der Waals surface area (Å²) < 4.78 is 5.55. The van der Waals surface area contributed by atoms with Crippen LogP contribution < -0.4 is 16.0 Å². The first-order chi connectivity index (χ1) is 9.06. The minimum atomic E-state index is -0.324. The molecule has 0 atom stereocenters.